The first-order valence-electron chi connectivity index (χ1n) is 10.3. The van der Waals surface area contributed by atoms with Crippen molar-refractivity contribution in [1.82, 2.24) is 20.4 Å². The SMILES string of the molecule is CCNC(=NCC1CN2CCN1CC2)NC1CCN(c2c(F)cccc2F)C1.I. The summed E-state index contributed by atoms with van der Waals surface area (Å²) in [7, 11) is 0. The second-order valence-electron chi connectivity index (χ2n) is 7.86. The van der Waals surface area contributed by atoms with Crippen LogP contribution >= 0.6 is 24.0 Å². The number of benzene rings is 1. The number of anilines is 1. The van der Waals surface area contributed by atoms with Crippen molar-refractivity contribution in [2.75, 3.05) is 63.8 Å². The molecule has 4 saturated heterocycles. The monoisotopic (exact) mass is 520 g/mol. The van der Waals surface area contributed by atoms with Crippen molar-refractivity contribution in [2.24, 2.45) is 4.99 Å². The minimum absolute atomic E-state index is 0. The van der Waals surface area contributed by atoms with Gasteiger partial charge in [-0.1, -0.05) is 6.07 Å². The smallest absolute Gasteiger partial charge is 0.191 e. The lowest BCUT2D eigenvalue weighted by atomic mass is 10.1. The van der Waals surface area contributed by atoms with Gasteiger partial charge in [0.2, 0.25) is 0 Å². The molecule has 4 heterocycles. The van der Waals surface area contributed by atoms with E-state index < -0.39 is 11.6 Å². The number of halogens is 3. The summed E-state index contributed by atoms with van der Waals surface area (Å²) in [5, 5.41) is 6.77. The summed E-state index contributed by atoms with van der Waals surface area (Å²) in [6.07, 6.45) is 0.821. The number of aliphatic imine (C=N–C) groups is 1. The molecule has 2 atom stereocenters. The number of piperazine rings is 3. The molecule has 162 valence electrons. The predicted octanol–water partition coefficient (Wildman–Crippen LogP) is 1.72. The Morgan fingerprint density at radius 3 is 2.45 bits per heavy atom. The van der Waals surface area contributed by atoms with Gasteiger partial charge in [-0.2, -0.15) is 0 Å². The normalized spacial score (nSPS) is 28.9. The van der Waals surface area contributed by atoms with Crippen molar-refractivity contribution in [3.05, 3.63) is 29.8 Å². The number of nitrogens with zero attached hydrogens (tertiary/aromatic N) is 4. The molecule has 2 N–H and O–H groups in total. The van der Waals surface area contributed by atoms with Crippen LogP contribution in [-0.4, -0.2) is 86.7 Å². The Kier molecular flexibility index (Phi) is 7.92. The van der Waals surface area contributed by atoms with Crippen molar-refractivity contribution in [2.45, 2.75) is 25.4 Å². The van der Waals surface area contributed by atoms with E-state index >= 15 is 0 Å². The fraction of sp³-hybridized carbons (Fsp3) is 0.650. The van der Waals surface area contributed by atoms with E-state index in [9.17, 15) is 8.78 Å². The summed E-state index contributed by atoms with van der Waals surface area (Å²) < 4.78 is 28.1. The standard InChI is InChI=1S/C20H30F2N6.HI/c1-2-23-20(24-12-16-14-26-8-10-27(16)11-9-26)25-15-6-7-28(13-15)19-17(21)4-3-5-18(19)22;/h3-5,15-16H,2,6-14H2,1H3,(H2,23,24,25);1H. The minimum Gasteiger partial charge on any atom is -0.365 e. The molecule has 2 unspecified atom stereocenters. The topological polar surface area (TPSA) is 46.1 Å². The van der Waals surface area contributed by atoms with Gasteiger partial charge in [0.15, 0.2) is 5.96 Å². The van der Waals surface area contributed by atoms with Gasteiger partial charge < -0.3 is 15.5 Å². The zero-order valence-corrected chi connectivity index (χ0v) is 19.2. The fourth-order valence-electron chi connectivity index (χ4n) is 4.48. The van der Waals surface area contributed by atoms with Crippen molar-refractivity contribution < 1.29 is 8.78 Å². The Labute approximate surface area is 188 Å². The van der Waals surface area contributed by atoms with Gasteiger partial charge in [0.1, 0.15) is 17.3 Å². The molecule has 0 aliphatic carbocycles. The highest BCUT2D eigenvalue weighted by atomic mass is 127. The summed E-state index contributed by atoms with van der Waals surface area (Å²) in [5.41, 5.74) is 0.0776. The second kappa shape index (κ2) is 10.2. The number of para-hydroxylation sites is 1. The summed E-state index contributed by atoms with van der Waals surface area (Å²) in [6, 6.07) is 4.62. The van der Waals surface area contributed by atoms with Crippen molar-refractivity contribution >= 4 is 35.6 Å². The molecule has 0 amide bonds. The molecule has 0 saturated carbocycles. The number of hydrogen-bond acceptors (Lipinski definition) is 4. The molecule has 1 aromatic rings. The van der Waals surface area contributed by atoms with Crippen molar-refractivity contribution in [3.8, 4) is 0 Å². The molecule has 6 nitrogen and oxygen atoms in total. The first-order chi connectivity index (χ1) is 13.6. The molecule has 0 radical (unpaired) electrons. The average Bonchev–Trinajstić information content (AvgIpc) is 3.15. The predicted molar refractivity (Wildman–Crippen MR) is 123 cm³/mol. The van der Waals surface area contributed by atoms with Crippen LogP contribution in [0.3, 0.4) is 0 Å². The fourth-order valence-corrected chi connectivity index (χ4v) is 4.48. The van der Waals surface area contributed by atoms with E-state index in [1.165, 1.54) is 31.3 Å². The molecular formula is C20H31F2IN6. The van der Waals surface area contributed by atoms with Crippen molar-refractivity contribution in [3.63, 3.8) is 0 Å². The Balaban J connectivity index is 0.00000240. The Bertz CT molecular complexity index is 690. The number of hydrogen-bond donors (Lipinski definition) is 2. The van der Waals surface area contributed by atoms with Crippen LogP contribution < -0.4 is 15.5 Å². The first kappa shape index (κ1) is 22.5. The van der Waals surface area contributed by atoms with Gasteiger partial charge in [0.25, 0.3) is 0 Å². The summed E-state index contributed by atoms with van der Waals surface area (Å²) in [5.74, 6) is -0.212. The van der Waals surface area contributed by atoms with Gasteiger partial charge in [-0.3, -0.25) is 14.8 Å². The van der Waals surface area contributed by atoms with Crippen molar-refractivity contribution in [1.29, 1.82) is 0 Å². The third kappa shape index (κ3) is 5.29. The summed E-state index contributed by atoms with van der Waals surface area (Å²) >= 11 is 0. The van der Waals surface area contributed by atoms with Gasteiger partial charge in [-0.15, -0.1) is 24.0 Å². The maximum atomic E-state index is 14.1. The largest absolute Gasteiger partial charge is 0.365 e. The number of guanidine groups is 1. The van der Waals surface area contributed by atoms with E-state index in [1.807, 2.05) is 6.92 Å². The van der Waals surface area contributed by atoms with Gasteiger partial charge >= 0.3 is 0 Å². The zero-order valence-electron chi connectivity index (χ0n) is 16.9. The van der Waals surface area contributed by atoms with E-state index in [4.69, 9.17) is 4.99 Å². The van der Waals surface area contributed by atoms with Gasteiger partial charge in [-0.25, -0.2) is 8.78 Å². The van der Waals surface area contributed by atoms with E-state index in [-0.39, 0.29) is 35.7 Å². The van der Waals surface area contributed by atoms with Crippen LogP contribution in [0.4, 0.5) is 14.5 Å². The lowest BCUT2D eigenvalue weighted by Gasteiger charge is -2.47. The van der Waals surface area contributed by atoms with Crippen LogP contribution in [0.25, 0.3) is 0 Å². The molecule has 0 aromatic heterocycles. The molecule has 1 aromatic carbocycles. The first-order valence-corrected chi connectivity index (χ1v) is 10.3. The number of nitrogens with one attached hydrogen (secondary N) is 2. The van der Waals surface area contributed by atoms with E-state index in [1.54, 1.807) is 4.90 Å². The molecule has 4 aliphatic heterocycles. The summed E-state index contributed by atoms with van der Waals surface area (Å²) in [4.78, 5) is 11.6. The molecule has 4 fully saturated rings. The van der Waals surface area contributed by atoms with E-state index in [0.29, 0.717) is 19.1 Å². The third-order valence-corrected chi connectivity index (χ3v) is 5.98. The Morgan fingerprint density at radius 1 is 1.10 bits per heavy atom. The van der Waals surface area contributed by atoms with Crippen LogP contribution in [0.15, 0.2) is 23.2 Å². The van der Waals surface area contributed by atoms with Gasteiger partial charge in [0.05, 0.1) is 6.54 Å². The van der Waals surface area contributed by atoms with Gasteiger partial charge in [-0.05, 0) is 25.5 Å². The lowest BCUT2D eigenvalue weighted by Crippen LogP contribution is -2.62. The molecule has 2 bridgehead atoms. The Morgan fingerprint density at radius 2 is 1.83 bits per heavy atom. The van der Waals surface area contributed by atoms with Crippen LogP contribution in [0.5, 0.6) is 0 Å². The number of fused-ring (bicyclic) bond motifs is 3. The molecule has 5 rings (SSSR count). The molecule has 9 heteroatoms. The molecule has 0 spiro atoms. The number of rotatable bonds is 5. The quantitative estimate of drug-likeness (QED) is 0.352. The van der Waals surface area contributed by atoms with E-state index in [0.717, 1.165) is 45.1 Å². The maximum absolute atomic E-state index is 14.1. The highest BCUT2D eigenvalue weighted by molar-refractivity contribution is 14.0. The average molecular weight is 520 g/mol. The summed E-state index contributed by atoms with van der Waals surface area (Å²) in [6.45, 7) is 10.5. The molecule has 4 aliphatic rings. The van der Waals surface area contributed by atoms with Crippen LogP contribution in [-0.2, 0) is 0 Å². The van der Waals surface area contributed by atoms with Gasteiger partial charge in [0, 0.05) is 64.4 Å². The Hall–Kier alpha value is -1.20. The van der Waals surface area contributed by atoms with E-state index in [2.05, 4.69) is 20.4 Å². The van der Waals surface area contributed by atoms with Crippen LogP contribution in [0, 0.1) is 11.6 Å². The van der Waals surface area contributed by atoms with Crippen LogP contribution in [0.1, 0.15) is 13.3 Å². The highest BCUT2D eigenvalue weighted by Gasteiger charge is 2.32. The molecular weight excluding hydrogens is 489 g/mol. The highest BCUT2D eigenvalue weighted by Crippen LogP contribution is 2.26. The maximum Gasteiger partial charge on any atom is 0.191 e. The lowest BCUT2D eigenvalue weighted by molar-refractivity contribution is 0.0174. The zero-order chi connectivity index (χ0) is 19.5. The second-order valence-corrected chi connectivity index (χ2v) is 7.86. The molecule has 29 heavy (non-hydrogen) atoms. The minimum atomic E-state index is -0.502. The van der Waals surface area contributed by atoms with Crippen LogP contribution in [0.2, 0.25) is 0 Å². The third-order valence-electron chi connectivity index (χ3n) is 5.98.